The highest BCUT2D eigenvalue weighted by atomic mass is 19.1. The Labute approximate surface area is 244 Å². The Kier molecular flexibility index (Phi) is 7.98. The third-order valence-corrected chi connectivity index (χ3v) is 9.47. The maximum Gasteiger partial charge on any atom is 0.320 e. The summed E-state index contributed by atoms with van der Waals surface area (Å²) >= 11 is 0. The number of carbonyl (C=O) groups excluding carboxylic acids is 1. The Morgan fingerprint density at radius 2 is 1.93 bits per heavy atom. The summed E-state index contributed by atoms with van der Waals surface area (Å²) in [5.41, 5.74) is 1.34. The lowest BCUT2D eigenvalue weighted by atomic mass is 9.69. The van der Waals surface area contributed by atoms with Crippen molar-refractivity contribution < 1.29 is 18.3 Å². The molecule has 2 aromatic carbocycles. The van der Waals surface area contributed by atoms with Gasteiger partial charge in [0.2, 0.25) is 0 Å². The molecular formula is C32H37F2N5O3. The quantitative estimate of drug-likeness (QED) is 0.469. The first-order chi connectivity index (χ1) is 20.4. The third kappa shape index (κ3) is 5.40. The summed E-state index contributed by atoms with van der Waals surface area (Å²) in [6.45, 7) is 3.09. The number of hydrogen-bond donors (Lipinski definition) is 1. The smallest absolute Gasteiger partial charge is 0.320 e. The van der Waals surface area contributed by atoms with Crippen LogP contribution in [0.15, 0.2) is 59.7 Å². The fourth-order valence-corrected chi connectivity index (χ4v) is 7.27. The van der Waals surface area contributed by atoms with Crippen LogP contribution in [-0.4, -0.2) is 65.2 Å². The topological polar surface area (TPSA) is 79.7 Å². The van der Waals surface area contributed by atoms with Gasteiger partial charge in [-0.25, -0.2) is 18.6 Å². The number of hydrogen-bond acceptors (Lipinski definition) is 5. The molecule has 222 valence electrons. The highest BCUT2D eigenvalue weighted by Gasteiger charge is 2.47. The largest absolute Gasteiger partial charge is 0.496 e. The molecule has 1 saturated carbocycles. The number of benzene rings is 2. The van der Waals surface area contributed by atoms with E-state index in [1.807, 2.05) is 29.2 Å². The van der Waals surface area contributed by atoms with E-state index >= 15 is 0 Å². The number of piperidine rings is 1. The lowest BCUT2D eigenvalue weighted by Gasteiger charge is -2.49. The summed E-state index contributed by atoms with van der Waals surface area (Å²) in [7, 11) is 1.60. The van der Waals surface area contributed by atoms with Crippen LogP contribution in [0.3, 0.4) is 0 Å². The lowest BCUT2D eigenvalue weighted by molar-refractivity contribution is 0.0232. The number of halogens is 2. The first-order valence-electron chi connectivity index (χ1n) is 14.8. The number of nitrogens with one attached hydrogen (secondary N) is 1. The number of piperazine rings is 1. The van der Waals surface area contributed by atoms with E-state index in [0.29, 0.717) is 50.7 Å². The van der Waals surface area contributed by atoms with E-state index in [-0.39, 0.29) is 28.5 Å². The summed E-state index contributed by atoms with van der Waals surface area (Å²) in [6, 6.07) is 11.8. The molecule has 2 aliphatic heterocycles. The molecule has 2 atom stereocenters. The van der Waals surface area contributed by atoms with E-state index in [0.717, 1.165) is 49.8 Å². The second-order valence-electron chi connectivity index (χ2n) is 11.8. The molecule has 8 nitrogen and oxygen atoms in total. The Balaban J connectivity index is 1.20. The van der Waals surface area contributed by atoms with Crippen molar-refractivity contribution in [2.75, 3.05) is 39.8 Å². The Morgan fingerprint density at radius 3 is 2.71 bits per heavy atom. The minimum atomic E-state index is -0.578. The standard InChI is InChI=1S/C32H37F2N5O3/c1-42-29-7-3-2-6-24(29)27-17-30(40)38(21-36-27)19-22-10-14-37(20-32(22)11-4-5-12-32)31(41)39-15-13-35-18-28(39)25-16-23(33)8-9-26(25)34/h2-3,6-9,16-17,21-22,28,35H,4-5,10-15,18-20H2,1H3/t22-,28-/m0/s1. The maximum atomic E-state index is 14.7. The van der Waals surface area contributed by atoms with Gasteiger partial charge in [-0.1, -0.05) is 25.0 Å². The molecule has 2 amide bonds. The van der Waals surface area contributed by atoms with Crippen LogP contribution in [0.1, 0.15) is 43.7 Å². The van der Waals surface area contributed by atoms with Crippen LogP contribution >= 0.6 is 0 Å². The Morgan fingerprint density at radius 1 is 1.12 bits per heavy atom. The molecule has 3 aliphatic rings. The minimum Gasteiger partial charge on any atom is -0.496 e. The highest BCUT2D eigenvalue weighted by molar-refractivity contribution is 5.75. The van der Waals surface area contributed by atoms with Crippen molar-refractivity contribution in [3.8, 4) is 17.0 Å². The van der Waals surface area contributed by atoms with Crippen LogP contribution < -0.4 is 15.6 Å². The summed E-state index contributed by atoms with van der Waals surface area (Å²) in [5.74, 6) is -0.142. The second-order valence-corrected chi connectivity index (χ2v) is 11.8. The molecule has 3 fully saturated rings. The Hall–Kier alpha value is -3.79. The fourth-order valence-electron chi connectivity index (χ4n) is 7.27. The van der Waals surface area contributed by atoms with Crippen LogP contribution in [0.2, 0.25) is 0 Å². The van der Waals surface area contributed by atoms with Gasteiger partial charge in [-0.2, -0.15) is 0 Å². The number of carbonyl (C=O) groups is 1. The normalized spacial score (nSPS) is 22.0. The molecule has 0 bridgehead atoms. The van der Waals surface area contributed by atoms with Gasteiger partial charge < -0.3 is 19.9 Å². The summed E-state index contributed by atoms with van der Waals surface area (Å²) in [4.78, 5) is 35.4. The molecule has 1 N–H and O–H groups in total. The van der Waals surface area contributed by atoms with Crippen molar-refractivity contribution in [2.45, 2.75) is 44.7 Å². The number of amides is 2. The van der Waals surface area contributed by atoms with Gasteiger partial charge in [0, 0.05) is 56.5 Å². The SMILES string of the molecule is COc1ccccc1-c1cc(=O)n(C[C@@H]2CCN(C(=O)N3CCNC[C@H]3c3cc(F)ccc3F)CC23CCCC3)cn1. The number of nitrogens with zero attached hydrogens (tertiary/aromatic N) is 4. The fraction of sp³-hybridized carbons (Fsp3) is 0.469. The zero-order valence-electron chi connectivity index (χ0n) is 23.9. The summed E-state index contributed by atoms with van der Waals surface area (Å²) in [6.07, 6.45) is 6.55. The molecule has 0 radical (unpaired) electrons. The molecule has 1 aromatic heterocycles. The molecular weight excluding hydrogens is 540 g/mol. The van der Waals surface area contributed by atoms with Crippen molar-refractivity contribution in [1.29, 1.82) is 0 Å². The molecule has 3 aromatic rings. The monoisotopic (exact) mass is 577 g/mol. The van der Waals surface area contributed by atoms with Crippen LogP contribution in [-0.2, 0) is 6.54 Å². The zero-order chi connectivity index (χ0) is 29.3. The predicted molar refractivity (Wildman–Crippen MR) is 155 cm³/mol. The van der Waals surface area contributed by atoms with Gasteiger partial charge in [-0.05, 0) is 60.9 Å². The van der Waals surface area contributed by atoms with E-state index < -0.39 is 17.7 Å². The van der Waals surface area contributed by atoms with Gasteiger partial charge >= 0.3 is 6.03 Å². The predicted octanol–water partition coefficient (Wildman–Crippen LogP) is 4.85. The summed E-state index contributed by atoms with van der Waals surface area (Å²) in [5, 5.41) is 3.23. The van der Waals surface area contributed by atoms with Crippen molar-refractivity contribution in [2.24, 2.45) is 11.3 Å². The second kappa shape index (κ2) is 11.8. The first-order valence-corrected chi connectivity index (χ1v) is 14.8. The molecule has 3 heterocycles. The van der Waals surface area contributed by atoms with Gasteiger partial charge in [0.25, 0.3) is 5.56 Å². The van der Waals surface area contributed by atoms with Crippen molar-refractivity contribution in [3.63, 3.8) is 0 Å². The molecule has 10 heteroatoms. The molecule has 0 unspecified atom stereocenters. The van der Waals surface area contributed by atoms with E-state index in [1.54, 1.807) is 29.0 Å². The average Bonchev–Trinajstić information content (AvgIpc) is 3.48. The van der Waals surface area contributed by atoms with Crippen LogP contribution in [0.25, 0.3) is 11.3 Å². The minimum absolute atomic E-state index is 0.0949. The number of aromatic nitrogens is 2. The van der Waals surface area contributed by atoms with Gasteiger partial charge in [-0.15, -0.1) is 0 Å². The molecule has 2 saturated heterocycles. The Bertz CT molecular complexity index is 1510. The average molecular weight is 578 g/mol. The number of urea groups is 1. The highest BCUT2D eigenvalue weighted by Crippen LogP contribution is 2.49. The zero-order valence-corrected chi connectivity index (χ0v) is 23.9. The van der Waals surface area contributed by atoms with E-state index in [1.165, 1.54) is 6.07 Å². The van der Waals surface area contributed by atoms with Crippen LogP contribution in [0, 0.1) is 23.0 Å². The van der Waals surface area contributed by atoms with Gasteiger partial charge in [0.05, 0.1) is 25.2 Å². The number of methoxy groups -OCH3 is 1. The lowest BCUT2D eigenvalue weighted by Crippen LogP contribution is -2.58. The molecule has 6 rings (SSSR count). The number of likely N-dealkylation sites (tertiary alicyclic amines) is 1. The van der Waals surface area contributed by atoms with Gasteiger partial charge in [-0.3, -0.25) is 9.36 Å². The van der Waals surface area contributed by atoms with Gasteiger partial charge in [0.1, 0.15) is 17.4 Å². The number of para-hydroxylation sites is 1. The van der Waals surface area contributed by atoms with Gasteiger partial charge in [0.15, 0.2) is 0 Å². The molecule has 1 spiro atoms. The first kappa shape index (κ1) is 28.3. The number of ether oxygens (including phenoxy) is 1. The van der Waals surface area contributed by atoms with Crippen LogP contribution in [0.5, 0.6) is 5.75 Å². The van der Waals surface area contributed by atoms with E-state index in [9.17, 15) is 18.4 Å². The molecule has 42 heavy (non-hydrogen) atoms. The van der Waals surface area contributed by atoms with Crippen molar-refractivity contribution in [3.05, 3.63) is 82.4 Å². The van der Waals surface area contributed by atoms with Crippen LogP contribution in [0.4, 0.5) is 13.6 Å². The third-order valence-electron chi connectivity index (χ3n) is 9.47. The van der Waals surface area contributed by atoms with E-state index in [4.69, 9.17) is 4.74 Å². The molecule has 1 aliphatic carbocycles. The maximum absolute atomic E-state index is 14.7. The number of rotatable bonds is 5. The summed E-state index contributed by atoms with van der Waals surface area (Å²) < 4.78 is 35.9. The van der Waals surface area contributed by atoms with Crippen molar-refractivity contribution >= 4 is 6.03 Å². The van der Waals surface area contributed by atoms with Crippen molar-refractivity contribution in [1.82, 2.24) is 24.7 Å². The van der Waals surface area contributed by atoms with E-state index in [2.05, 4.69) is 10.3 Å².